The third-order valence-electron chi connectivity index (χ3n) is 4.21. The van der Waals surface area contributed by atoms with Crippen LogP contribution in [0.1, 0.15) is 24.1 Å². The van der Waals surface area contributed by atoms with Gasteiger partial charge in [-0.1, -0.05) is 17.7 Å². The largest absolute Gasteiger partial charge is 0.283 e. The second kappa shape index (κ2) is 6.22. The molecule has 1 saturated heterocycles. The van der Waals surface area contributed by atoms with Gasteiger partial charge in [0.25, 0.3) is 0 Å². The average Bonchev–Trinajstić information content (AvgIpc) is 3.01. The zero-order chi connectivity index (χ0) is 15.6. The smallest absolute Gasteiger partial charge is 0.243 e. The Morgan fingerprint density at radius 1 is 1.27 bits per heavy atom. The zero-order valence-electron chi connectivity index (χ0n) is 12.7. The molecular formula is C16H21N3O2S. The molecule has 2 aromatic rings. The summed E-state index contributed by atoms with van der Waals surface area (Å²) in [5, 5.41) is 6.91. The molecule has 3 rings (SSSR count). The summed E-state index contributed by atoms with van der Waals surface area (Å²) < 4.78 is 27.1. The molecule has 2 heterocycles. The maximum atomic E-state index is 12.8. The molecule has 0 spiro atoms. The van der Waals surface area contributed by atoms with Crippen molar-refractivity contribution in [1.82, 2.24) is 14.5 Å². The topological polar surface area (TPSA) is 66.1 Å². The van der Waals surface area contributed by atoms with Crippen LogP contribution >= 0.6 is 0 Å². The van der Waals surface area contributed by atoms with E-state index in [9.17, 15) is 8.42 Å². The monoisotopic (exact) mass is 319 g/mol. The Labute approximate surface area is 131 Å². The lowest BCUT2D eigenvalue weighted by atomic mass is 9.95. The quantitative estimate of drug-likeness (QED) is 0.941. The second-order valence-electron chi connectivity index (χ2n) is 5.97. The predicted molar refractivity (Wildman–Crippen MR) is 85.0 cm³/mol. The van der Waals surface area contributed by atoms with Crippen LogP contribution in [-0.4, -0.2) is 36.0 Å². The van der Waals surface area contributed by atoms with Gasteiger partial charge in [-0.2, -0.15) is 9.40 Å². The molecule has 1 aromatic carbocycles. The minimum absolute atomic E-state index is 0.342. The van der Waals surface area contributed by atoms with E-state index in [4.69, 9.17) is 0 Å². The van der Waals surface area contributed by atoms with E-state index in [1.165, 1.54) is 0 Å². The highest BCUT2D eigenvalue weighted by Gasteiger charge is 2.30. The zero-order valence-corrected chi connectivity index (χ0v) is 13.5. The maximum absolute atomic E-state index is 12.8. The van der Waals surface area contributed by atoms with E-state index in [1.807, 2.05) is 25.1 Å². The molecule has 6 heteroatoms. The van der Waals surface area contributed by atoms with Gasteiger partial charge in [0.15, 0.2) is 0 Å². The number of aromatic amines is 1. The van der Waals surface area contributed by atoms with E-state index >= 15 is 0 Å². The van der Waals surface area contributed by atoms with Gasteiger partial charge in [-0.05, 0) is 50.3 Å². The Hall–Kier alpha value is -1.66. The number of aryl methyl sites for hydroxylation is 1. The summed E-state index contributed by atoms with van der Waals surface area (Å²) in [4.78, 5) is 0.389. The van der Waals surface area contributed by atoms with Gasteiger partial charge in [-0.3, -0.25) is 5.10 Å². The second-order valence-corrected chi connectivity index (χ2v) is 7.91. The molecule has 0 unspecified atom stereocenters. The molecule has 1 aliphatic rings. The van der Waals surface area contributed by atoms with Crippen molar-refractivity contribution in [3.8, 4) is 0 Å². The number of hydrogen-bond donors (Lipinski definition) is 1. The van der Waals surface area contributed by atoms with Crippen molar-refractivity contribution >= 4 is 10.0 Å². The fraction of sp³-hybridized carbons (Fsp3) is 0.438. The number of sulfonamides is 1. The fourth-order valence-electron chi connectivity index (χ4n) is 2.98. The van der Waals surface area contributed by atoms with Gasteiger partial charge in [0, 0.05) is 25.0 Å². The summed E-state index contributed by atoms with van der Waals surface area (Å²) in [6, 6.07) is 9.04. The Bertz CT molecular complexity index is 708. The van der Waals surface area contributed by atoms with Crippen LogP contribution in [0.25, 0.3) is 0 Å². The van der Waals surface area contributed by atoms with Crippen molar-refractivity contribution in [2.75, 3.05) is 13.1 Å². The van der Waals surface area contributed by atoms with E-state index in [-0.39, 0.29) is 0 Å². The van der Waals surface area contributed by atoms with E-state index in [0.717, 1.165) is 30.5 Å². The third-order valence-corrected chi connectivity index (χ3v) is 6.09. The van der Waals surface area contributed by atoms with Crippen molar-refractivity contribution in [2.24, 2.45) is 5.92 Å². The minimum Gasteiger partial charge on any atom is -0.283 e. The van der Waals surface area contributed by atoms with E-state index in [2.05, 4.69) is 10.2 Å². The molecule has 118 valence electrons. The molecule has 0 radical (unpaired) electrons. The molecule has 5 nitrogen and oxygen atoms in total. The molecule has 0 amide bonds. The number of nitrogens with one attached hydrogen (secondary N) is 1. The number of rotatable bonds is 4. The van der Waals surface area contributed by atoms with Crippen molar-refractivity contribution in [1.29, 1.82) is 0 Å². The van der Waals surface area contributed by atoms with Crippen LogP contribution in [0.5, 0.6) is 0 Å². The van der Waals surface area contributed by atoms with Gasteiger partial charge in [0.2, 0.25) is 10.0 Å². The molecule has 1 aliphatic heterocycles. The molecule has 1 fully saturated rings. The fourth-order valence-corrected chi connectivity index (χ4v) is 4.54. The van der Waals surface area contributed by atoms with Crippen molar-refractivity contribution < 1.29 is 8.42 Å². The van der Waals surface area contributed by atoms with Gasteiger partial charge in [-0.15, -0.1) is 0 Å². The lowest BCUT2D eigenvalue weighted by Gasteiger charge is -2.31. The number of nitrogens with zero attached hydrogens (tertiary/aromatic N) is 2. The maximum Gasteiger partial charge on any atom is 0.243 e. The summed E-state index contributed by atoms with van der Waals surface area (Å²) in [5.41, 5.74) is 2.13. The normalized spacial score (nSPS) is 20.1. The van der Waals surface area contributed by atoms with Gasteiger partial charge in [0.1, 0.15) is 0 Å². The predicted octanol–water partition coefficient (Wildman–Crippen LogP) is 2.36. The summed E-state index contributed by atoms with van der Waals surface area (Å²) in [6.45, 7) is 3.14. The summed E-state index contributed by atoms with van der Waals surface area (Å²) >= 11 is 0. The van der Waals surface area contributed by atoms with E-state index < -0.39 is 10.0 Å². The highest BCUT2D eigenvalue weighted by molar-refractivity contribution is 7.89. The van der Waals surface area contributed by atoms with Crippen LogP contribution in [0, 0.1) is 12.8 Å². The summed E-state index contributed by atoms with van der Waals surface area (Å²) in [5.74, 6) is 0.342. The number of benzene rings is 1. The number of hydrogen-bond acceptors (Lipinski definition) is 3. The molecule has 0 saturated carbocycles. The standard InChI is InChI=1S/C16H21N3O2S/c1-13-4-6-16(7-5-13)22(20,21)19-10-2-3-14(12-19)11-15-8-9-17-18-15/h4-9,14H,2-3,10-12H2,1H3,(H,17,18)/t14-/m0/s1. The highest BCUT2D eigenvalue weighted by Crippen LogP contribution is 2.25. The molecule has 22 heavy (non-hydrogen) atoms. The Balaban J connectivity index is 1.74. The number of piperidine rings is 1. The Kier molecular flexibility index (Phi) is 4.31. The average molecular weight is 319 g/mol. The molecule has 0 aliphatic carbocycles. The van der Waals surface area contributed by atoms with Crippen molar-refractivity contribution in [3.63, 3.8) is 0 Å². The first-order valence-corrected chi connectivity index (χ1v) is 9.05. The van der Waals surface area contributed by atoms with Gasteiger partial charge < -0.3 is 0 Å². The first-order chi connectivity index (χ1) is 10.6. The third kappa shape index (κ3) is 3.23. The minimum atomic E-state index is -3.38. The lowest BCUT2D eigenvalue weighted by molar-refractivity contribution is 0.264. The number of H-pyrrole nitrogens is 1. The molecule has 1 atom stereocenters. The van der Waals surface area contributed by atoms with Crippen LogP contribution in [0.4, 0.5) is 0 Å². The summed E-state index contributed by atoms with van der Waals surface area (Å²) in [6.07, 6.45) is 4.54. The molecule has 1 aromatic heterocycles. The first kappa shape index (κ1) is 15.2. The lowest BCUT2D eigenvalue weighted by Crippen LogP contribution is -2.40. The Morgan fingerprint density at radius 3 is 2.73 bits per heavy atom. The van der Waals surface area contributed by atoms with Crippen molar-refractivity contribution in [3.05, 3.63) is 47.8 Å². The van der Waals surface area contributed by atoms with Crippen LogP contribution in [-0.2, 0) is 16.4 Å². The number of aromatic nitrogens is 2. The molecule has 1 N–H and O–H groups in total. The van der Waals surface area contributed by atoms with E-state index in [1.54, 1.807) is 22.6 Å². The molecule has 0 bridgehead atoms. The van der Waals surface area contributed by atoms with Crippen LogP contribution in [0.3, 0.4) is 0 Å². The van der Waals surface area contributed by atoms with Crippen LogP contribution in [0.15, 0.2) is 41.4 Å². The summed E-state index contributed by atoms with van der Waals surface area (Å²) in [7, 11) is -3.38. The van der Waals surface area contributed by atoms with Gasteiger partial charge in [0.05, 0.1) is 4.90 Å². The van der Waals surface area contributed by atoms with E-state index in [0.29, 0.717) is 23.9 Å². The van der Waals surface area contributed by atoms with Gasteiger partial charge in [-0.25, -0.2) is 8.42 Å². The molecular weight excluding hydrogens is 298 g/mol. The van der Waals surface area contributed by atoms with Crippen LogP contribution in [0.2, 0.25) is 0 Å². The first-order valence-electron chi connectivity index (χ1n) is 7.61. The Morgan fingerprint density at radius 2 is 2.05 bits per heavy atom. The highest BCUT2D eigenvalue weighted by atomic mass is 32.2. The van der Waals surface area contributed by atoms with Gasteiger partial charge >= 0.3 is 0 Å². The van der Waals surface area contributed by atoms with Crippen LogP contribution < -0.4 is 0 Å². The SMILES string of the molecule is Cc1ccc(S(=O)(=O)N2CCC[C@@H](Cc3ccn[nH]3)C2)cc1. The van der Waals surface area contributed by atoms with Crippen molar-refractivity contribution in [2.45, 2.75) is 31.1 Å².